The number of carbonyl (C=O) groups excluding carboxylic acids is 1. The fourth-order valence-corrected chi connectivity index (χ4v) is 4.90. The molecule has 2 heterocycles. The largest absolute Gasteiger partial charge is 0.338 e. The molecule has 3 aliphatic rings. The molecule has 1 aliphatic carbocycles. The van der Waals surface area contributed by atoms with Crippen molar-refractivity contribution >= 4 is 5.91 Å². The molecule has 2 saturated heterocycles. The topological polar surface area (TPSA) is 23.6 Å². The normalized spacial score (nSPS) is 28.2. The first kappa shape index (κ1) is 16.1. The lowest BCUT2D eigenvalue weighted by molar-refractivity contribution is -0.131. The van der Waals surface area contributed by atoms with Gasteiger partial charge in [-0.15, -0.1) is 0 Å². The molecule has 0 bridgehead atoms. The lowest BCUT2D eigenvalue weighted by Gasteiger charge is -2.28. The van der Waals surface area contributed by atoms with Gasteiger partial charge in [0.2, 0.25) is 5.91 Å². The van der Waals surface area contributed by atoms with Crippen LogP contribution in [0, 0.1) is 5.92 Å². The minimum Gasteiger partial charge on any atom is -0.338 e. The second kappa shape index (κ2) is 6.87. The van der Waals surface area contributed by atoms with E-state index in [1.165, 1.54) is 74.7 Å². The van der Waals surface area contributed by atoms with E-state index in [1.807, 2.05) is 11.9 Å². The van der Waals surface area contributed by atoms with E-state index in [0.29, 0.717) is 5.91 Å². The first-order valence-electron chi connectivity index (χ1n) is 9.83. The van der Waals surface area contributed by atoms with Gasteiger partial charge in [0.1, 0.15) is 0 Å². The van der Waals surface area contributed by atoms with Crippen LogP contribution in [0.15, 0.2) is 18.2 Å². The van der Waals surface area contributed by atoms with Gasteiger partial charge in [0.25, 0.3) is 0 Å². The van der Waals surface area contributed by atoms with Crippen molar-refractivity contribution in [3.05, 3.63) is 34.9 Å². The number of piperidine rings is 1. The number of carbonyl (C=O) groups is 1. The summed E-state index contributed by atoms with van der Waals surface area (Å²) in [5, 5.41) is 0. The van der Waals surface area contributed by atoms with Crippen LogP contribution in [0.25, 0.3) is 0 Å². The van der Waals surface area contributed by atoms with E-state index in [-0.39, 0.29) is 12.0 Å². The molecule has 1 aromatic carbocycles. The molecule has 2 aliphatic heterocycles. The summed E-state index contributed by atoms with van der Waals surface area (Å²) in [5.41, 5.74) is 4.41. The molecule has 4 rings (SSSR count). The number of benzene rings is 1. The fourth-order valence-electron chi connectivity index (χ4n) is 4.90. The zero-order valence-electron chi connectivity index (χ0n) is 15.0. The SMILES string of the molecule is CN1C(=O)[C@H](CN2CCCCC2)C[C@@H]1c1ccc2c(c1)CCCC2. The van der Waals surface area contributed by atoms with Crippen LogP contribution in [-0.4, -0.2) is 42.4 Å². The molecule has 1 aromatic rings. The zero-order valence-corrected chi connectivity index (χ0v) is 15.0. The molecule has 3 heteroatoms. The summed E-state index contributed by atoms with van der Waals surface area (Å²) in [6, 6.07) is 7.27. The maximum absolute atomic E-state index is 12.8. The number of nitrogens with zero attached hydrogens (tertiary/aromatic N) is 2. The molecule has 0 unspecified atom stereocenters. The summed E-state index contributed by atoms with van der Waals surface area (Å²) in [4.78, 5) is 17.3. The average molecular weight is 326 g/mol. The van der Waals surface area contributed by atoms with Gasteiger partial charge in [0, 0.05) is 13.6 Å². The molecule has 0 radical (unpaired) electrons. The third-order valence-electron chi connectivity index (χ3n) is 6.36. The van der Waals surface area contributed by atoms with Crippen LogP contribution in [0.1, 0.15) is 61.3 Å². The maximum atomic E-state index is 12.8. The van der Waals surface area contributed by atoms with Crippen molar-refractivity contribution in [3.8, 4) is 0 Å². The third-order valence-corrected chi connectivity index (χ3v) is 6.36. The molecule has 0 aromatic heterocycles. The van der Waals surface area contributed by atoms with Crippen LogP contribution in [0.4, 0.5) is 0 Å². The van der Waals surface area contributed by atoms with Gasteiger partial charge >= 0.3 is 0 Å². The summed E-state index contributed by atoms with van der Waals surface area (Å²) < 4.78 is 0. The average Bonchev–Trinajstić information content (AvgIpc) is 2.91. The molecule has 130 valence electrons. The van der Waals surface area contributed by atoms with E-state index in [1.54, 1.807) is 0 Å². The Hall–Kier alpha value is -1.35. The third kappa shape index (κ3) is 3.11. The van der Waals surface area contributed by atoms with Crippen molar-refractivity contribution in [1.29, 1.82) is 0 Å². The minimum atomic E-state index is 0.189. The Morgan fingerprint density at radius 1 is 1.00 bits per heavy atom. The van der Waals surface area contributed by atoms with Crippen LogP contribution in [-0.2, 0) is 17.6 Å². The second-order valence-electron chi connectivity index (χ2n) is 7.99. The number of amides is 1. The molecule has 0 spiro atoms. The van der Waals surface area contributed by atoms with Gasteiger partial charge in [-0.25, -0.2) is 0 Å². The molecule has 2 atom stereocenters. The number of aryl methyl sites for hydroxylation is 2. The molecule has 0 saturated carbocycles. The van der Waals surface area contributed by atoms with Crippen molar-refractivity contribution in [2.75, 3.05) is 26.7 Å². The van der Waals surface area contributed by atoms with E-state index in [9.17, 15) is 4.79 Å². The standard InChI is InChI=1S/C21H30N2O/c1-22-20(18-10-9-16-7-3-4-8-17(16)13-18)14-19(21(22)24)15-23-11-5-2-6-12-23/h9-10,13,19-20H,2-8,11-12,14-15H2,1H3/t19-,20+/m0/s1. The van der Waals surface area contributed by atoms with Gasteiger partial charge in [0.15, 0.2) is 0 Å². The van der Waals surface area contributed by atoms with Gasteiger partial charge in [-0.3, -0.25) is 4.79 Å². The lowest BCUT2D eigenvalue weighted by Crippen LogP contribution is -2.36. The highest BCUT2D eigenvalue weighted by Gasteiger charge is 2.38. The van der Waals surface area contributed by atoms with Crippen LogP contribution in [0.5, 0.6) is 0 Å². The highest BCUT2D eigenvalue weighted by Crippen LogP contribution is 2.37. The Morgan fingerprint density at radius 2 is 1.75 bits per heavy atom. The number of likely N-dealkylation sites (tertiary alicyclic amines) is 2. The smallest absolute Gasteiger partial charge is 0.227 e. The molecule has 3 nitrogen and oxygen atoms in total. The first-order valence-corrected chi connectivity index (χ1v) is 9.83. The van der Waals surface area contributed by atoms with Crippen molar-refractivity contribution in [3.63, 3.8) is 0 Å². The summed E-state index contributed by atoms with van der Waals surface area (Å²) in [6.45, 7) is 3.32. The second-order valence-corrected chi connectivity index (χ2v) is 7.99. The summed E-state index contributed by atoms with van der Waals surface area (Å²) in [5.74, 6) is 0.539. The van der Waals surface area contributed by atoms with Crippen molar-refractivity contribution in [1.82, 2.24) is 9.80 Å². The summed E-state index contributed by atoms with van der Waals surface area (Å²) in [6.07, 6.45) is 10.0. The van der Waals surface area contributed by atoms with E-state index < -0.39 is 0 Å². The van der Waals surface area contributed by atoms with Crippen molar-refractivity contribution < 1.29 is 4.79 Å². The number of fused-ring (bicyclic) bond motifs is 1. The maximum Gasteiger partial charge on any atom is 0.227 e. The van der Waals surface area contributed by atoms with Crippen LogP contribution in [0.2, 0.25) is 0 Å². The van der Waals surface area contributed by atoms with Crippen LogP contribution < -0.4 is 0 Å². The Labute approximate surface area is 146 Å². The van der Waals surface area contributed by atoms with E-state index >= 15 is 0 Å². The molecular formula is C21H30N2O. The van der Waals surface area contributed by atoms with E-state index in [2.05, 4.69) is 23.1 Å². The summed E-state index contributed by atoms with van der Waals surface area (Å²) >= 11 is 0. The number of rotatable bonds is 3. The van der Waals surface area contributed by atoms with Crippen molar-refractivity contribution in [2.45, 2.75) is 57.4 Å². The number of hydrogen-bond acceptors (Lipinski definition) is 2. The molecule has 0 N–H and O–H groups in total. The molecule has 1 amide bonds. The fraction of sp³-hybridized carbons (Fsp3) is 0.667. The van der Waals surface area contributed by atoms with Crippen LogP contribution >= 0.6 is 0 Å². The molecular weight excluding hydrogens is 296 g/mol. The quantitative estimate of drug-likeness (QED) is 0.848. The van der Waals surface area contributed by atoms with Crippen LogP contribution in [0.3, 0.4) is 0 Å². The predicted molar refractivity (Wildman–Crippen MR) is 97.0 cm³/mol. The monoisotopic (exact) mass is 326 g/mol. The van der Waals surface area contributed by atoms with Gasteiger partial charge in [-0.2, -0.15) is 0 Å². The van der Waals surface area contributed by atoms with E-state index in [4.69, 9.17) is 0 Å². The van der Waals surface area contributed by atoms with Gasteiger partial charge < -0.3 is 9.80 Å². The minimum absolute atomic E-state index is 0.189. The van der Waals surface area contributed by atoms with Gasteiger partial charge in [-0.1, -0.05) is 24.6 Å². The predicted octanol–water partition coefficient (Wildman–Crippen LogP) is 3.57. The van der Waals surface area contributed by atoms with Gasteiger partial charge in [-0.05, 0) is 74.7 Å². The van der Waals surface area contributed by atoms with Gasteiger partial charge in [0.05, 0.1) is 12.0 Å². The van der Waals surface area contributed by atoms with E-state index in [0.717, 1.165) is 13.0 Å². The summed E-state index contributed by atoms with van der Waals surface area (Å²) in [7, 11) is 2.00. The van der Waals surface area contributed by atoms with Crippen molar-refractivity contribution in [2.24, 2.45) is 5.92 Å². The molecule has 2 fully saturated rings. The Bertz CT molecular complexity index is 606. The highest BCUT2D eigenvalue weighted by molar-refractivity contribution is 5.81. The lowest BCUT2D eigenvalue weighted by atomic mass is 9.88. The first-order chi connectivity index (χ1) is 11.7. The Balaban J connectivity index is 1.48. The highest BCUT2D eigenvalue weighted by atomic mass is 16.2. The Kier molecular flexibility index (Phi) is 4.62. The molecule has 24 heavy (non-hydrogen) atoms. The number of hydrogen-bond donors (Lipinski definition) is 0. The Morgan fingerprint density at radius 3 is 2.54 bits per heavy atom. The zero-order chi connectivity index (χ0) is 16.5.